The smallest absolute Gasteiger partial charge is 0.187 e. The van der Waals surface area contributed by atoms with Crippen LogP contribution < -0.4 is 39.7 Å². The zero-order chi connectivity index (χ0) is 38.6. The number of rotatable bonds is 15. The fourth-order valence-corrected chi connectivity index (χ4v) is 6.90. The van der Waals surface area contributed by atoms with Crippen molar-refractivity contribution in [2.75, 3.05) is 38.6 Å². The topological polar surface area (TPSA) is 387 Å². The minimum Gasteiger partial charge on any atom is -0.394 e. The molecule has 53 heavy (non-hydrogen) atoms. The summed E-state index contributed by atoms with van der Waals surface area (Å²) in [5.41, 5.74) is 37.3. The molecule has 3 saturated heterocycles. The third kappa shape index (κ3) is 9.58. The summed E-state index contributed by atoms with van der Waals surface area (Å²) >= 11 is 0. The van der Waals surface area contributed by atoms with Crippen molar-refractivity contribution in [1.82, 2.24) is 10.3 Å². The van der Waals surface area contributed by atoms with Gasteiger partial charge >= 0.3 is 0 Å². The van der Waals surface area contributed by atoms with Crippen molar-refractivity contribution in [1.29, 1.82) is 0 Å². The second-order valence-corrected chi connectivity index (χ2v) is 13.8. The summed E-state index contributed by atoms with van der Waals surface area (Å²) in [4.78, 5) is 4.07. The van der Waals surface area contributed by atoms with Crippen molar-refractivity contribution < 1.29 is 68.9 Å². The SMILES string of the molecule is NC[C@@H]1O[C@H](O[C@H]2[C@@H](OCCNCc3ccc(N)nc3)[C@H](O[C@@H]3[C@@H](O)[C@H](N)C[C@H](N)[C@H]3O[C@H]3O[C@H](CO)[C@@H](O)[C@H](O)[C@H]3N)O[C@@H]2CO)[C@H](N)[C@@H](O)[C@@H]1O. The lowest BCUT2D eigenvalue weighted by Crippen LogP contribution is -2.68. The van der Waals surface area contributed by atoms with Crippen molar-refractivity contribution >= 4 is 5.82 Å². The van der Waals surface area contributed by atoms with Gasteiger partial charge in [-0.15, -0.1) is 0 Å². The van der Waals surface area contributed by atoms with E-state index in [-0.39, 0.29) is 19.6 Å². The summed E-state index contributed by atoms with van der Waals surface area (Å²) in [6.45, 7) is -0.663. The van der Waals surface area contributed by atoms with Crippen LogP contribution in [-0.2, 0) is 39.7 Å². The van der Waals surface area contributed by atoms with E-state index in [0.29, 0.717) is 18.9 Å². The second kappa shape index (κ2) is 18.9. The maximum atomic E-state index is 11.3. The highest BCUT2D eigenvalue weighted by Gasteiger charge is 2.55. The maximum Gasteiger partial charge on any atom is 0.187 e. The van der Waals surface area contributed by atoms with Crippen LogP contribution in [0.15, 0.2) is 18.3 Å². The highest BCUT2D eigenvalue weighted by atomic mass is 16.8. The van der Waals surface area contributed by atoms with Gasteiger partial charge in [-0.2, -0.15) is 0 Å². The first-order chi connectivity index (χ1) is 25.3. The first kappa shape index (κ1) is 42.3. The van der Waals surface area contributed by atoms with Gasteiger partial charge in [-0.3, -0.25) is 0 Å². The molecule has 1 aromatic rings. The van der Waals surface area contributed by atoms with Gasteiger partial charge in [0.05, 0.1) is 38.0 Å². The quantitative estimate of drug-likeness (QED) is 0.0737. The summed E-state index contributed by atoms with van der Waals surface area (Å²) in [6.07, 6.45) is -18.0. The molecule has 1 aliphatic carbocycles. The van der Waals surface area contributed by atoms with Crippen LogP contribution in [0.2, 0.25) is 0 Å². The van der Waals surface area contributed by atoms with Crippen LogP contribution in [0.5, 0.6) is 0 Å². The summed E-state index contributed by atoms with van der Waals surface area (Å²) in [6, 6.07) is -0.815. The molecule has 4 heterocycles. The molecule has 0 unspecified atom stereocenters. The molecular weight excluding hydrogens is 708 g/mol. The molecule has 4 fully saturated rings. The molecule has 3 aliphatic heterocycles. The predicted molar refractivity (Wildman–Crippen MR) is 180 cm³/mol. The Morgan fingerprint density at radius 3 is 1.89 bits per heavy atom. The number of aromatic nitrogens is 1. The lowest BCUT2D eigenvalue weighted by molar-refractivity contribution is -0.311. The molecule has 22 nitrogen and oxygen atoms in total. The predicted octanol–water partition coefficient (Wildman–Crippen LogP) is -8.07. The van der Waals surface area contributed by atoms with E-state index in [2.05, 4.69) is 10.3 Å². The van der Waals surface area contributed by atoms with Gasteiger partial charge in [0.15, 0.2) is 18.9 Å². The first-order valence-corrected chi connectivity index (χ1v) is 17.6. The minimum absolute atomic E-state index is 0.0400. The molecule has 0 radical (unpaired) electrons. The van der Waals surface area contributed by atoms with Gasteiger partial charge in [0.25, 0.3) is 0 Å². The van der Waals surface area contributed by atoms with Crippen LogP contribution in [-0.4, -0.2) is 190 Å². The third-order valence-corrected chi connectivity index (χ3v) is 10.1. The van der Waals surface area contributed by atoms with Gasteiger partial charge in [0.2, 0.25) is 0 Å². The Hall–Kier alpha value is -1.85. The van der Waals surface area contributed by atoms with Crippen molar-refractivity contribution in [3.63, 3.8) is 0 Å². The van der Waals surface area contributed by atoms with E-state index in [4.69, 9.17) is 67.6 Å². The van der Waals surface area contributed by atoms with Gasteiger partial charge in [0, 0.05) is 37.9 Å². The lowest BCUT2D eigenvalue weighted by atomic mass is 9.84. The fourth-order valence-electron chi connectivity index (χ4n) is 6.90. The average molecular weight is 765 g/mol. The minimum atomic E-state index is -1.53. The largest absolute Gasteiger partial charge is 0.394 e. The van der Waals surface area contributed by atoms with Crippen LogP contribution in [0.4, 0.5) is 5.82 Å². The number of nitrogens with two attached hydrogens (primary N) is 6. The van der Waals surface area contributed by atoms with Crippen LogP contribution in [0.3, 0.4) is 0 Å². The zero-order valence-corrected chi connectivity index (χ0v) is 29.1. The molecule has 0 aromatic carbocycles. The third-order valence-electron chi connectivity index (χ3n) is 10.1. The first-order valence-electron chi connectivity index (χ1n) is 17.6. The van der Waals surface area contributed by atoms with E-state index in [1.54, 1.807) is 12.3 Å². The highest BCUT2D eigenvalue weighted by Crippen LogP contribution is 2.35. The number of hydrogen-bond donors (Lipinski definition) is 14. The summed E-state index contributed by atoms with van der Waals surface area (Å²) < 4.78 is 42.5. The van der Waals surface area contributed by atoms with E-state index in [1.807, 2.05) is 6.07 Å². The number of aliphatic hydroxyl groups is 7. The summed E-state index contributed by atoms with van der Waals surface area (Å²) in [5.74, 6) is 0.382. The van der Waals surface area contributed by atoms with E-state index >= 15 is 0 Å². The standard InChI is InChI=1S/C31H56N8O14/c32-6-14-21(43)23(45)18(36)29(48-14)52-26-16(10-41)50-31(28(26)47-4-3-38-7-11-1-2-17(35)39-8-11)53-27-20(42)12(33)5-13(34)25(27)51-30-19(37)24(46)22(44)15(9-40)49-30/h1-2,8,12-16,18-31,38,40-46H,3-7,9-10,32-34,36-37H2,(H2,35,39)/t12-,13+,14+,15-,16-,18-,19-,20+,21-,22-,23-,24-,25-,26-,27-,28-,29-,30-,31+/m1/s1. The van der Waals surface area contributed by atoms with Crippen LogP contribution in [0.25, 0.3) is 0 Å². The lowest BCUT2D eigenvalue weighted by Gasteiger charge is -2.47. The number of nitrogens with one attached hydrogen (secondary N) is 1. The molecule has 0 bridgehead atoms. The molecular formula is C31H56N8O14. The van der Waals surface area contributed by atoms with Crippen LogP contribution in [0, 0.1) is 0 Å². The zero-order valence-electron chi connectivity index (χ0n) is 29.1. The molecule has 22 heteroatoms. The Morgan fingerprint density at radius 2 is 1.28 bits per heavy atom. The van der Waals surface area contributed by atoms with Gasteiger partial charge in [-0.25, -0.2) is 4.98 Å². The van der Waals surface area contributed by atoms with Crippen LogP contribution in [0.1, 0.15) is 12.0 Å². The van der Waals surface area contributed by atoms with Crippen molar-refractivity contribution in [2.45, 2.75) is 129 Å². The molecule has 304 valence electrons. The number of nitrogen functional groups attached to an aromatic ring is 1. The number of pyridine rings is 1. The van der Waals surface area contributed by atoms with Crippen LogP contribution >= 0.6 is 0 Å². The maximum absolute atomic E-state index is 11.3. The highest BCUT2D eigenvalue weighted by molar-refractivity contribution is 5.29. The Bertz CT molecular complexity index is 1260. The second-order valence-electron chi connectivity index (χ2n) is 13.8. The normalized spacial score (nSPS) is 45.0. The molecule has 1 aromatic heterocycles. The van der Waals surface area contributed by atoms with E-state index in [0.717, 1.165) is 5.56 Å². The summed E-state index contributed by atoms with van der Waals surface area (Å²) in [7, 11) is 0. The van der Waals surface area contributed by atoms with Crippen molar-refractivity contribution in [3.8, 4) is 0 Å². The van der Waals surface area contributed by atoms with Gasteiger partial charge < -0.3 is 109 Å². The molecule has 1 saturated carbocycles. The molecule has 20 N–H and O–H groups in total. The monoisotopic (exact) mass is 764 g/mol. The summed E-state index contributed by atoms with van der Waals surface area (Å²) in [5, 5.41) is 76.4. The molecule has 0 amide bonds. The fraction of sp³-hybridized carbons (Fsp3) is 0.839. The number of aliphatic hydroxyl groups excluding tert-OH is 7. The van der Waals surface area contributed by atoms with Gasteiger partial charge in [0.1, 0.15) is 73.0 Å². The Balaban J connectivity index is 1.36. The Morgan fingerprint density at radius 1 is 0.698 bits per heavy atom. The number of ether oxygens (including phenoxy) is 7. The van der Waals surface area contributed by atoms with E-state index in [9.17, 15) is 35.7 Å². The number of anilines is 1. The average Bonchev–Trinajstić information content (AvgIpc) is 3.47. The van der Waals surface area contributed by atoms with E-state index in [1.165, 1.54) is 0 Å². The van der Waals surface area contributed by atoms with Gasteiger partial charge in [-0.05, 0) is 18.1 Å². The van der Waals surface area contributed by atoms with Gasteiger partial charge in [-0.1, -0.05) is 6.07 Å². The molecule has 0 spiro atoms. The number of nitrogens with zero attached hydrogens (tertiary/aromatic N) is 1. The van der Waals surface area contributed by atoms with Crippen molar-refractivity contribution in [2.24, 2.45) is 28.7 Å². The Labute approximate surface area is 305 Å². The van der Waals surface area contributed by atoms with Crippen molar-refractivity contribution in [3.05, 3.63) is 23.9 Å². The molecule has 4 aliphatic rings. The number of hydrogen-bond acceptors (Lipinski definition) is 22. The molecule has 5 rings (SSSR count). The molecule has 19 atom stereocenters. The van der Waals surface area contributed by atoms with E-state index < -0.39 is 129 Å². The Kier molecular flexibility index (Phi) is 15.0.